The fourth-order valence-corrected chi connectivity index (χ4v) is 3.74. The summed E-state index contributed by atoms with van der Waals surface area (Å²) < 4.78 is 12.2. The van der Waals surface area contributed by atoms with Crippen molar-refractivity contribution in [3.8, 4) is 0 Å². The number of allylic oxidation sites excluding steroid dienone is 1. The van der Waals surface area contributed by atoms with Crippen molar-refractivity contribution in [2.24, 2.45) is 10.9 Å². The first-order valence-corrected chi connectivity index (χ1v) is 9.65. The zero-order valence-electron chi connectivity index (χ0n) is 16.0. The van der Waals surface area contributed by atoms with Gasteiger partial charge in [-0.3, -0.25) is 9.79 Å². The molecular formula is C22H29NO3. The number of ketones is 1. The zero-order chi connectivity index (χ0) is 18.6. The van der Waals surface area contributed by atoms with Gasteiger partial charge in [0, 0.05) is 25.0 Å². The number of hydrogen-bond donors (Lipinski definition) is 0. The number of nitrogens with zero attached hydrogens (tertiary/aromatic N) is 1. The zero-order valence-corrected chi connectivity index (χ0v) is 16.0. The quantitative estimate of drug-likeness (QED) is 0.722. The van der Waals surface area contributed by atoms with Crippen molar-refractivity contribution in [3.05, 3.63) is 48.0 Å². The van der Waals surface area contributed by atoms with Gasteiger partial charge in [0.15, 0.2) is 11.6 Å². The average Bonchev–Trinajstić information content (AvgIpc) is 3.05. The molecule has 2 fully saturated rings. The summed E-state index contributed by atoms with van der Waals surface area (Å²) in [7, 11) is 0. The average molecular weight is 355 g/mol. The summed E-state index contributed by atoms with van der Waals surface area (Å²) >= 11 is 0. The first-order chi connectivity index (χ1) is 12.5. The van der Waals surface area contributed by atoms with Crippen molar-refractivity contribution in [2.45, 2.75) is 64.4 Å². The van der Waals surface area contributed by atoms with Crippen LogP contribution in [0.5, 0.6) is 0 Å². The maximum atomic E-state index is 11.5. The van der Waals surface area contributed by atoms with Crippen LogP contribution in [0.25, 0.3) is 0 Å². The van der Waals surface area contributed by atoms with Gasteiger partial charge in [0.1, 0.15) is 6.10 Å². The third-order valence-electron chi connectivity index (χ3n) is 5.31. The highest BCUT2D eigenvalue weighted by Crippen LogP contribution is 2.40. The monoisotopic (exact) mass is 355 g/mol. The third-order valence-corrected chi connectivity index (χ3v) is 5.31. The van der Waals surface area contributed by atoms with Crippen molar-refractivity contribution in [1.29, 1.82) is 0 Å². The van der Waals surface area contributed by atoms with Gasteiger partial charge in [-0.25, -0.2) is 0 Å². The lowest BCUT2D eigenvalue weighted by Gasteiger charge is -2.36. The Bertz CT molecular complexity index is 682. The molecular weight excluding hydrogens is 326 g/mol. The molecule has 3 unspecified atom stereocenters. The van der Waals surface area contributed by atoms with Crippen molar-refractivity contribution in [2.75, 3.05) is 6.61 Å². The Morgan fingerprint density at radius 1 is 1.38 bits per heavy atom. The standard InChI is InChI=1S/C22H29NO3/c1-4-19(24)10-11-20-15-25-22(26-20)13-12-21(16(2)14-22)23-17(3)18-8-6-5-7-9-18/h5-11,16-17,20H,4,12-15H2,1-3H3/b11-10+,23-21+/t16?,17-,20?,22?/m1/s1. The van der Waals surface area contributed by atoms with Gasteiger partial charge >= 0.3 is 0 Å². The van der Waals surface area contributed by atoms with E-state index in [4.69, 9.17) is 14.5 Å². The predicted molar refractivity (Wildman–Crippen MR) is 103 cm³/mol. The second-order valence-electron chi connectivity index (χ2n) is 7.37. The Balaban J connectivity index is 1.61. The van der Waals surface area contributed by atoms with E-state index in [0.717, 1.165) is 19.3 Å². The van der Waals surface area contributed by atoms with Crippen LogP contribution in [-0.4, -0.2) is 30.0 Å². The molecule has 0 N–H and O–H groups in total. The van der Waals surface area contributed by atoms with Crippen LogP contribution in [0, 0.1) is 5.92 Å². The Kier molecular flexibility index (Phi) is 6.05. The topological polar surface area (TPSA) is 47.9 Å². The molecule has 3 rings (SSSR count). The molecule has 4 atom stereocenters. The molecule has 1 aliphatic carbocycles. The molecule has 1 aliphatic heterocycles. The van der Waals surface area contributed by atoms with Crippen LogP contribution < -0.4 is 0 Å². The fraction of sp³-hybridized carbons (Fsp3) is 0.545. The van der Waals surface area contributed by atoms with Gasteiger partial charge in [-0.2, -0.15) is 0 Å². The molecule has 1 spiro atoms. The Hall–Kier alpha value is -1.78. The molecule has 140 valence electrons. The lowest BCUT2D eigenvalue weighted by Crippen LogP contribution is -2.40. The molecule has 4 nitrogen and oxygen atoms in total. The van der Waals surface area contributed by atoms with Gasteiger partial charge in [-0.1, -0.05) is 44.2 Å². The van der Waals surface area contributed by atoms with Gasteiger partial charge in [-0.15, -0.1) is 0 Å². The number of hydrogen-bond acceptors (Lipinski definition) is 4. The lowest BCUT2D eigenvalue weighted by molar-refractivity contribution is -0.180. The van der Waals surface area contributed by atoms with Crippen LogP contribution in [0.15, 0.2) is 47.5 Å². The molecule has 0 bridgehead atoms. The minimum absolute atomic E-state index is 0.121. The van der Waals surface area contributed by atoms with E-state index < -0.39 is 5.79 Å². The van der Waals surface area contributed by atoms with E-state index in [0.29, 0.717) is 18.9 Å². The van der Waals surface area contributed by atoms with E-state index in [9.17, 15) is 4.79 Å². The molecule has 0 radical (unpaired) electrons. The number of carbonyl (C=O) groups is 1. The lowest BCUT2D eigenvalue weighted by atomic mass is 9.84. The van der Waals surface area contributed by atoms with Crippen LogP contribution in [0.1, 0.15) is 58.1 Å². The summed E-state index contributed by atoms with van der Waals surface area (Å²) in [6, 6.07) is 10.6. The first-order valence-electron chi connectivity index (χ1n) is 9.65. The molecule has 0 amide bonds. The maximum absolute atomic E-state index is 11.5. The number of carbonyl (C=O) groups excluding carboxylic acids is 1. The SMILES string of the molecule is CCC(=O)/C=C/C1COC2(CC/C(=N\[C@H](C)c3ccccc3)C(C)C2)O1. The summed E-state index contributed by atoms with van der Waals surface area (Å²) in [5.41, 5.74) is 2.49. The van der Waals surface area contributed by atoms with Crippen molar-refractivity contribution < 1.29 is 14.3 Å². The van der Waals surface area contributed by atoms with Crippen molar-refractivity contribution in [1.82, 2.24) is 0 Å². The largest absolute Gasteiger partial charge is 0.347 e. The molecule has 0 aromatic heterocycles. The van der Waals surface area contributed by atoms with Gasteiger partial charge in [0.05, 0.1) is 12.6 Å². The van der Waals surface area contributed by atoms with Crippen LogP contribution in [0.4, 0.5) is 0 Å². The van der Waals surface area contributed by atoms with Crippen molar-refractivity contribution in [3.63, 3.8) is 0 Å². The fourth-order valence-electron chi connectivity index (χ4n) is 3.74. The predicted octanol–water partition coefficient (Wildman–Crippen LogP) is 4.66. The highest BCUT2D eigenvalue weighted by Gasteiger charge is 2.45. The number of ether oxygens (including phenoxy) is 2. The van der Waals surface area contributed by atoms with E-state index in [2.05, 4.69) is 38.1 Å². The highest BCUT2D eigenvalue weighted by molar-refractivity contribution is 5.89. The number of aliphatic imine (C=N–C) groups is 1. The van der Waals surface area contributed by atoms with Crippen LogP contribution >= 0.6 is 0 Å². The van der Waals surface area contributed by atoms with Gasteiger partial charge in [0.25, 0.3) is 0 Å². The van der Waals surface area contributed by atoms with E-state index >= 15 is 0 Å². The van der Waals surface area contributed by atoms with Crippen LogP contribution in [0.3, 0.4) is 0 Å². The Morgan fingerprint density at radius 2 is 2.15 bits per heavy atom. The smallest absolute Gasteiger partial charge is 0.170 e. The van der Waals surface area contributed by atoms with E-state index in [1.807, 2.05) is 19.1 Å². The third kappa shape index (κ3) is 4.49. The van der Waals surface area contributed by atoms with Crippen LogP contribution in [0.2, 0.25) is 0 Å². The maximum Gasteiger partial charge on any atom is 0.170 e. The minimum Gasteiger partial charge on any atom is -0.347 e. The van der Waals surface area contributed by atoms with Crippen LogP contribution in [-0.2, 0) is 14.3 Å². The molecule has 1 aromatic carbocycles. The first kappa shape index (κ1) is 19.0. The second-order valence-corrected chi connectivity index (χ2v) is 7.37. The molecule has 4 heteroatoms. The molecule has 1 saturated heterocycles. The summed E-state index contributed by atoms with van der Waals surface area (Å²) in [5.74, 6) is -0.0654. The highest BCUT2D eigenvalue weighted by atomic mass is 16.7. The second kappa shape index (κ2) is 8.28. The summed E-state index contributed by atoms with van der Waals surface area (Å²) in [6.07, 6.45) is 6.39. The number of benzene rings is 1. The molecule has 1 saturated carbocycles. The summed E-state index contributed by atoms with van der Waals surface area (Å²) in [5, 5.41) is 0. The van der Waals surface area contributed by atoms with Gasteiger partial charge in [0.2, 0.25) is 0 Å². The molecule has 1 aromatic rings. The number of rotatable bonds is 5. The normalized spacial score (nSPS) is 31.7. The van der Waals surface area contributed by atoms with E-state index in [-0.39, 0.29) is 17.9 Å². The van der Waals surface area contributed by atoms with E-state index in [1.165, 1.54) is 11.3 Å². The Morgan fingerprint density at radius 3 is 2.85 bits per heavy atom. The minimum atomic E-state index is -0.515. The molecule has 1 heterocycles. The van der Waals surface area contributed by atoms with Gasteiger partial charge in [-0.05, 0) is 37.0 Å². The Labute approximate surface area is 156 Å². The summed E-state index contributed by atoms with van der Waals surface area (Å²) in [4.78, 5) is 16.4. The van der Waals surface area contributed by atoms with Gasteiger partial charge < -0.3 is 9.47 Å². The van der Waals surface area contributed by atoms with Crippen molar-refractivity contribution >= 4 is 11.5 Å². The summed E-state index contributed by atoms with van der Waals surface area (Å²) in [6.45, 7) is 6.73. The molecule has 26 heavy (non-hydrogen) atoms. The molecule has 2 aliphatic rings. The van der Waals surface area contributed by atoms with E-state index in [1.54, 1.807) is 6.08 Å².